The Hall–Kier alpha value is -4.07. The third-order valence-corrected chi connectivity index (χ3v) is 4.40. The van der Waals surface area contributed by atoms with Crippen molar-refractivity contribution in [3.63, 3.8) is 0 Å². The van der Waals surface area contributed by atoms with Crippen molar-refractivity contribution in [3.05, 3.63) is 102 Å². The average molecular weight is 422 g/mol. The van der Waals surface area contributed by atoms with Crippen LogP contribution in [0.25, 0.3) is 5.69 Å². The molecule has 8 heteroatoms. The number of ether oxygens (including phenoxy) is 1. The van der Waals surface area contributed by atoms with Gasteiger partial charge in [-0.05, 0) is 55.5 Å². The van der Waals surface area contributed by atoms with Crippen LogP contribution in [0.2, 0.25) is 0 Å². The van der Waals surface area contributed by atoms with E-state index in [-0.39, 0.29) is 11.5 Å². The van der Waals surface area contributed by atoms with Crippen LogP contribution in [0.5, 0.6) is 11.6 Å². The molecule has 0 saturated carbocycles. The number of hydrogen-bond acceptors (Lipinski definition) is 4. The molecule has 4 rings (SSSR count). The van der Waals surface area contributed by atoms with Gasteiger partial charge in [-0.1, -0.05) is 18.2 Å². The molecule has 0 aliphatic rings. The van der Waals surface area contributed by atoms with Crippen LogP contribution in [-0.4, -0.2) is 16.0 Å². The van der Waals surface area contributed by atoms with Gasteiger partial charge < -0.3 is 4.74 Å². The molecule has 1 aromatic heterocycles. The zero-order valence-electron chi connectivity index (χ0n) is 16.4. The second-order valence-electron chi connectivity index (χ2n) is 6.60. The predicted molar refractivity (Wildman–Crippen MR) is 112 cm³/mol. The zero-order chi connectivity index (χ0) is 21.8. The van der Waals surface area contributed by atoms with Crippen LogP contribution in [0.1, 0.15) is 11.3 Å². The van der Waals surface area contributed by atoms with Crippen molar-refractivity contribution < 1.29 is 17.9 Å². The maximum absolute atomic E-state index is 13.8. The zero-order valence-corrected chi connectivity index (χ0v) is 16.4. The molecule has 0 radical (unpaired) electrons. The number of hydrazone groups is 1. The fourth-order valence-corrected chi connectivity index (χ4v) is 2.87. The van der Waals surface area contributed by atoms with Gasteiger partial charge in [0.2, 0.25) is 5.88 Å². The molecule has 1 heterocycles. The summed E-state index contributed by atoms with van der Waals surface area (Å²) in [6, 6.07) is 18.0. The largest absolute Gasteiger partial charge is 0.438 e. The van der Waals surface area contributed by atoms with Gasteiger partial charge in [-0.15, -0.1) is 0 Å². The summed E-state index contributed by atoms with van der Waals surface area (Å²) in [6.07, 6.45) is 1.43. The van der Waals surface area contributed by atoms with Crippen LogP contribution in [0.4, 0.5) is 18.9 Å². The topological polar surface area (TPSA) is 51.4 Å². The summed E-state index contributed by atoms with van der Waals surface area (Å²) in [5.41, 5.74) is 4.45. The minimum Gasteiger partial charge on any atom is -0.438 e. The Labute approximate surface area is 176 Å². The molecule has 0 atom stereocenters. The highest BCUT2D eigenvalue weighted by molar-refractivity contribution is 5.85. The van der Waals surface area contributed by atoms with E-state index < -0.39 is 11.6 Å². The number of nitrogens with zero attached hydrogens (tertiary/aromatic N) is 3. The molecule has 0 amide bonds. The quantitative estimate of drug-likeness (QED) is 0.314. The lowest BCUT2D eigenvalue weighted by Gasteiger charge is -2.10. The van der Waals surface area contributed by atoms with Gasteiger partial charge in [0.15, 0.2) is 5.82 Å². The second-order valence-corrected chi connectivity index (χ2v) is 6.60. The first-order valence-corrected chi connectivity index (χ1v) is 9.34. The molecule has 0 aliphatic carbocycles. The van der Waals surface area contributed by atoms with Crippen molar-refractivity contribution in [1.29, 1.82) is 0 Å². The Balaban J connectivity index is 1.70. The van der Waals surface area contributed by atoms with E-state index in [1.54, 1.807) is 11.6 Å². The Kier molecular flexibility index (Phi) is 5.70. The number of nitrogens with one attached hydrogen (secondary N) is 1. The van der Waals surface area contributed by atoms with Crippen molar-refractivity contribution in [2.24, 2.45) is 5.10 Å². The van der Waals surface area contributed by atoms with Gasteiger partial charge in [0, 0.05) is 6.07 Å². The lowest BCUT2D eigenvalue weighted by molar-refractivity contribution is 0.442. The van der Waals surface area contributed by atoms with E-state index in [1.807, 2.05) is 30.3 Å². The van der Waals surface area contributed by atoms with Gasteiger partial charge in [0.25, 0.3) is 0 Å². The molecule has 0 saturated heterocycles. The molecular formula is C23H17F3N4O. The van der Waals surface area contributed by atoms with Gasteiger partial charge >= 0.3 is 0 Å². The number of aromatic nitrogens is 2. The number of aryl methyl sites for hydroxylation is 1. The monoisotopic (exact) mass is 422 g/mol. The van der Waals surface area contributed by atoms with E-state index in [0.29, 0.717) is 22.9 Å². The molecular weight excluding hydrogens is 405 g/mol. The number of para-hydroxylation sites is 1. The lowest BCUT2D eigenvalue weighted by Crippen LogP contribution is -2.01. The second kappa shape index (κ2) is 8.74. The molecule has 31 heavy (non-hydrogen) atoms. The average Bonchev–Trinajstić information content (AvgIpc) is 3.07. The maximum atomic E-state index is 13.8. The fraction of sp³-hybridized carbons (Fsp3) is 0.0435. The summed E-state index contributed by atoms with van der Waals surface area (Å²) >= 11 is 0. The molecule has 0 bridgehead atoms. The summed E-state index contributed by atoms with van der Waals surface area (Å²) in [7, 11) is 0. The SMILES string of the molecule is Cc1nn(-c2ccccc2)c(Oc2ccc(F)cc2)c1/C=N/Nc1ccc(F)cc1F. The summed E-state index contributed by atoms with van der Waals surface area (Å²) in [5, 5.41) is 8.58. The normalized spacial score (nSPS) is 11.1. The Bertz CT molecular complexity index is 1220. The molecule has 156 valence electrons. The molecule has 3 aromatic carbocycles. The third-order valence-electron chi connectivity index (χ3n) is 4.40. The smallest absolute Gasteiger partial charge is 0.231 e. The Morgan fingerprint density at radius 3 is 2.35 bits per heavy atom. The van der Waals surface area contributed by atoms with E-state index in [9.17, 15) is 13.2 Å². The first-order valence-electron chi connectivity index (χ1n) is 9.34. The lowest BCUT2D eigenvalue weighted by atomic mass is 10.2. The first kappa shape index (κ1) is 20.2. The molecule has 0 unspecified atom stereocenters. The summed E-state index contributed by atoms with van der Waals surface area (Å²) in [6.45, 7) is 1.77. The van der Waals surface area contributed by atoms with Gasteiger partial charge in [-0.25, -0.2) is 13.2 Å². The van der Waals surface area contributed by atoms with Crippen molar-refractivity contribution in [3.8, 4) is 17.3 Å². The molecule has 1 N–H and O–H groups in total. The minimum absolute atomic E-state index is 0.0201. The Morgan fingerprint density at radius 2 is 1.65 bits per heavy atom. The van der Waals surface area contributed by atoms with Crippen LogP contribution in [0, 0.1) is 24.4 Å². The Morgan fingerprint density at radius 1 is 0.935 bits per heavy atom. The van der Waals surface area contributed by atoms with E-state index in [0.717, 1.165) is 17.8 Å². The highest BCUT2D eigenvalue weighted by Crippen LogP contribution is 2.29. The van der Waals surface area contributed by atoms with Crippen molar-refractivity contribution >= 4 is 11.9 Å². The van der Waals surface area contributed by atoms with Crippen LogP contribution >= 0.6 is 0 Å². The molecule has 5 nitrogen and oxygen atoms in total. The van der Waals surface area contributed by atoms with E-state index in [1.165, 1.54) is 36.5 Å². The maximum Gasteiger partial charge on any atom is 0.231 e. The number of benzene rings is 3. The number of hydrogen-bond donors (Lipinski definition) is 1. The van der Waals surface area contributed by atoms with E-state index in [2.05, 4.69) is 15.6 Å². The summed E-state index contributed by atoms with van der Waals surface area (Å²) < 4.78 is 47.8. The van der Waals surface area contributed by atoms with Crippen LogP contribution < -0.4 is 10.2 Å². The van der Waals surface area contributed by atoms with Gasteiger partial charge in [-0.3, -0.25) is 5.43 Å². The van der Waals surface area contributed by atoms with Crippen molar-refractivity contribution in [2.75, 3.05) is 5.43 Å². The number of halogens is 3. The van der Waals surface area contributed by atoms with Crippen LogP contribution in [0.3, 0.4) is 0 Å². The van der Waals surface area contributed by atoms with Crippen molar-refractivity contribution in [1.82, 2.24) is 9.78 Å². The number of rotatable bonds is 6. The third kappa shape index (κ3) is 4.58. The molecule has 0 aliphatic heterocycles. The van der Waals surface area contributed by atoms with Gasteiger partial charge in [0.1, 0.15) is 17.4 Å². The predicted octanol–water partition coefficient (Wildman–Crippen LogP) is 5.84. The fourth-order valence-electron chi connectivity index (χ4n) is 2.87. The molecule has 4 aromatic rings. The van der Waals surface area contributed by atoms with Crippen LogP contribution in [-0.2, 0) is 0 Å². The highest BCUT2D eigenvalue weighted by atomic mass is 19.1. The van der Waals surface area contributed by atoms with Gasteiger partial charge in [-0.2, -0.15) is 14.9 Å². The van der Waals surface area contributed by atoms with E-state index >= 15 is 0 Å². The standard InChI is InChI=1S/C23H17F3N4O/c1-15-20(14-27-28-22-12-9-17(25)13-21(22)26)23(31-19-10-7-16(24)8-11-19)30(29-15)18-5-3-2-4-6-18/h2-14,28H,1H3/b27-14+. The van der Waals surface area contributed by atoms with E-state index in [4.69, 9.17) is 4.74 Å². The number of anilines is 1. The first-order chi connectivity index (χ1) is 15.0. The summed E-state index contributed by atoms with van der Waals surface area (Å²) in [5.74, 6) is -1.07. The highest BCUT2D eigenvalue weighted by Gasteiger charge is 2.18. The minimum atomic E-state index is -0.767. The molecule has 0 fully saturated rings. The summed E-state index contributed by atoms with van der Waals surface area (Å²) in [4.78, 5) is 0. The molecule has 0 spiro atoms. The van der Waals surface area contributed by atoms with Crippen molar-refractivity contribution in [2.45, 2.75) is 6.92 Å². The van der Waals surface area contributed by atoms with Gasteiger partial charge in [0.05, 0.1) is 28.8 Å². The van der Waals surface area contributed by atoms with Crippen LogP contribution in [0.15, 0.2) is 77.9 Å².